The second-order valence-corrected chi connectivity index (χ2v) is 14.6. The largest absolute Gasteiger partial charge is 0.299 e. The molecule has 184 valence electrons. The van der Waals surface area contributed by atoms with E-state index in [0.29, 0.717) is 34.4 Å². The van der Waals surface area contributed by atoms with Crippen molar-refractivity contribution in [2.24, 2.45) is 55.7 Å². The van der Waals surface area contributed by atoms with Gasteiger partial charge in [0.15, 0.2) is 0 Å². The Morgan fingerprint density at radius 3 is 2.30 bits per heavy atom. The number of carbonyl (C=O) groups excluding carboxylic acids is 1. The molecular weight excluding hydrogens is 402 g/mol. The first-order valence-electron chi connectivity index (χ1n) is 14.1. The summed E-state index contributed by atoms with van der Waals surface area (Å²) in [5.74, 6) is 3.06. The molecule has 0 aliphatic heterocycles. The number of rotatable bonds is 1. The summed E-state index contributed by atoms with van der Waals surface area (Å²) < 4.78 is 0. The van der Waals surface area contributed by atoms with E-state index in [2.05, 4.69) is 61.6 Å². The van der Waals surface area contributed by atoms with E-state index in [4.69, 9.17) is 4.99 Å². The molecule has 0 spiro atoms. The van der Waals surface area contributed by atoms with Crippen molar-refractivity contribution >= 4 is 11.5 Å². The Morgan fingerprint density at radius 1 is 0.909 bits per heavy atom. The summed E-state index contributed by atoms with van der Waals surface area (Å²) in [6, 6.07) is 0. The standard InChI is InChI=1S/C31H49NO/c1-9-31-15-10-20-26(21(31)19-27(2,3)16-17-31)22(32-8)18-24-29(20,6)13-11-23-28(4,5)25(33)12-14-30(23,24)7/h18,20-21,23,26H,9-17,19H2,1-8H3. The maximum absolute atomic E-state index is 12.9. The number of ketones is 1. The Kier molecular flexibility index (Phi) is 5.26. The zero-order valence-corrected chi connectivity index (χ0v) is 22.8. The lowest BCUT2D eigenvalue weighted by Gasteiger charge is -2.66. The van der Waals surface area contributed by atoms with Crippen LogP contribution >= 0.6 is 0 Å². The average molecular weight is 452 g/mol. The minimum atomic E-state index is -0.202. The van der Waals surface area contributed by atoms with Crippen LogP contribution in [-0.2, 0) is 4.79 Å². The van der Waals surface area contributed by atoms with Crippen molar-refractivity contribution in [2.75, 3.05) is 7.05 Å². The van der Waals surface area contributed by atoms with E-state index >= 15 is 0 Å². The van der Waals surface area contributed by atoms with Crippen LogP contribution in [0, 0.1) is 50.7 Å². The number of allylic oxidation sites excluding steroid dienone is 2. The lowest BCUT2D eigenvalue weighted by atomic mass is 9.37. The van der Waals surface area contributed by atoms with Gasteiger partial charge in [0.1, 0.15) is 5.78 Å². The zero-order chi connectivity index (χ0) is 24.0. The van der Waals surface area contributed by atoms with Gasteiger partial charge in [0.2, 0.25) is 0 Å². The number of hydrogen-bond donors (Lipinski definition) is 0. The molecule has 33 heavy (non-hydrogen) atoms. The van der Waals surface area contributed by atoms with E-state index in [-0.39, 0.29) is 16.2 Å². The quantitative estimate of drug-likeness (QED) is 0.396. The normalized spacial score (nSPS) is 49.4. The molecule has 0 amide bonds. The third kappa shape index (κ3) is 3.10. The molecule has 5 rings (SSSR count). The number of fused-ring (bicyclic) bond motifs is 7. The van der Waals surface area contributed by atoms with E-state index in [1.165, 1.54) is 57.1 Å². The summed E-state index contributed by atoms with van der Waals surface area (Å²) in [6.45, 7) is 17.1. The Labute approximate surface area is 203 Å². The van der Waals surface area contributed by atoms with E-state index in [0.717, 1.165) is 18.8 Å². The van der Waals surface area contributed by atoms with Crippen molar-refractivity contribution in [1.29, 1.82) is 0 Å². The van der Waals surface area contributed by atoms with Gasteiger partial charge in [0, 0.05) is 30.5 Å². The maximum Gasteiger partial charge on any atom is 0.138 e. The van der Waals surface area contributed by atoms with Crippen LogP contribution in [0.15, 0.2) is 16.6 Å². The highest BCUT2D eigenvalue weighted by Crippen LogP contribution is 2.71. The molecule has 5 aliphatic rings. The van der Waals surface area contributed by atoms with Crippen LogP contribution in [0.5, 0.6) is 0 Å². The summed E-state index contributed by atoms with van der Waals surface area (Å²) in [4.78, 5) is 18.0. The minimum absolute atomic E-state index is 0.135. The molecule has 2 heteroatoms. The van der Waals surface area contributed by atoms with Crippen LogP contribution < -0.4 is 0 Å². The van der Waals surface area contributed by atoms with Gasteiger partial charge < -0.3 is 0 Å². The summed E-state index contributed by atoms with van der Waals surface area (Å²) >= 11 is 0. The van der Waals surface area contributed by atoms with Gasteiger partial charge in [-0.2, -0.15) is 0 Å². The molecule has 5 aliphatic carbocycles. The van der Waals surface area contributed by atoms with Crippen LogP contribution in [-0.4, -0.2) is 18.5 Å². The molecule has 0 aromatic rings. The molecule has 7 unspecified atom stereocenters. The Hall–Kier alpha value is -0.920. The molecule has 2 nitrogen and oxygen atoms in total. The van der Waals surface area contributed by atoms with E-state index in [9.17, 15) is 4.79 Å². The number of nitrogens with zero attached hydrogens (tertiary/aromatic N) is 1. The first-order valence-corrected chi connectivity index (χ1v) is 14.1. The van der Waals surface area contributed by atoms with Crippen LogP contribution in [0.2, 0.25) is 0 Å². The lowest BCUT2D eigenvalue weighted by molar-refractivity contribution is -0.144. The van der Waals surface area contributed by atoms with Crippen LogP contribution in [0.25, 0.3) is 0 Å². The number of Topliss-reactive ketones (excluding diaryl/α,β-unsaturated/α-hetero) is 1. The Morgan fingerprint density at radius 2 is 1.64 bits per heavy atom. The summed E-state index contributed by atoms with van der Waals surface area (Å²) in [6.07, 6.45) is 15.1. The highest BCUT2D eigenvalue weighted by Gasteiger charge is 2.64. The number of aliphatic imine (C=N–C) groups is 1. The van der Waals surface area contributed by atoms with Gasteiger partial charge in [-0.3, -0.25) is 9.79 Å². The van der Waals surface area contributed by atoms with E-state index in [1.807, 2.05) is 0 Å². The Balaban J connectivity index is 1.63. The second-order valence-electron chi connectivity index (χ2n) is 14.6. The highest BCUT2D eigenvalue weighted by atomic mass is 16.1. The SMILES string of the molecule is CCC12CCC3C(C(=NC)C=C4C3(C)CCC3C(C)(C)C(=O)CCC43C)C1CC(C)(C)CC2. The monoisotopic (exact) mass is 451 g/mol. The van der Waals surface area contributed by atoms with E-state index < -0.39 is 0 Å². The fourth-order valence-corrected chi connectivity index (χ4v) is 10.4. The zero-order valence-electron chi connectivity index (χ0n) is 22.8. The predicted octanol–water partition coefficient (Wildman–Crippen LogP) is 8.06. The van der Waals surface area contributed by atoms with Crippen LogP contribution in [0.3, 0.4) is 0 Å². The molecular formula is C31H49NO. The minimum Gasteiger partial charge on any atom is -0.299 e. The van der Waals surface area contributed by atoms with Gasteiger partial charge in [-0.25, -0.2) is 0 Å². The highest BCUT2D eigenvalue weighted by molar-refractivity contribution is 5.99. The Bertz CT molecular complexity index is 908. The summed E-state index contributed by atoms with van der Waals surface area (Å²) in [5, 5.41) is 0. The molecule has 7 atom stereocenters. The summed E-state index contributed by atoms with van der Waals surface area (Å²) in [5.41, 5.74) is 4.25. The lowest BCUT2D eigenvalue weighted by Crippen LogP contribution is -2.61. The fourth-order valence-electron chi connectivity index (χ4n) is 10.4. The molecule has 4 saturated carbocycles. The molecule has 4 fully saturated rings. The van der Waals surface area contributed by atoms with Crippen molar-refractivity contribution in [3.05, 3.63) is 11.6 Å². The van der Waals surface area contributed by atoms with Gasteiger partial charge in [0.25, 0.3) is 0 Å². The molecule has 0 aromatic carbocycles. The third-order valence-electron chi connectivity index (χ3n) is 12.5. The molecule has 0 aromatic heterocycles. The molecule has 0 N–H and O–H groups in total. The third-order valence-corrected chi connectivity index (χ3v) is 12.5. The average Bonchev–Trinajstić information content (AvgIpc) is 2.75. The van der Waals surface area contributed by atoms with E-state index in [1.54, 1.807) is 5.57 Å². The van der Waals surface area contributed by atoms with Crippen molar-refractivity contribution < 1.29 is 4.79 Å². The molecule has 0 bridgehead atoms. The number of carbonyl (C=O) groups is 1. The van der Waals surface area contributed by atoms with Gasteiger partial charge in [-0.15, -0.1) is 0 Å². The molecule has 0 radical (unpaired) electrons. The first-order chi connectivity index (χ1) is 15.3. The van der Waals surface area contributed by atoms with Gasteiger partial charge >= 0.3 is 0 Å². The van der Waals surface area contributed by atoms with Crippen molar-refractivity contribution in [3.8, 4) is 0 Å². The van der Waals surface area contributed by atoms with Crippen LogP contribution in [0.1, 0.15) is 113 Å². The first kappa shape index (κ1) is 23.8. The summed E-state index contributed by atoms with van der Waals surface area (Å²) in [7, 11) is 2.05. The van der Waals surface area contributed by atoms with Crippen molar-refractivity contribution in [2.45, 2.75) is 113 Å². The van der Waals surface area contributed by atoms with Gasteiger partial charge in [-0.1, -0.05) is 60.5 Å². The topological polar surface area (TPSA) is 29.4 Å². The predicted molar refractivity (Wildman–Crippen MR) is 138 cm³/mol. The van der Waals surface area contributed by atoms with Gasteiger partial charge in [0.05, 0.1) is 0 Å². The smallest absolute Gasteiger partial charge is 0.138 e. The fraction of sp³-hybridized carbons (Fsp3) is 0.871. The van der Waals surface area contributed by atoms with Crippen molar-refractivity contribution in [3.63, 3.8) is 0 Å². The second kappa shape index (κ2) is 7.30. The maximum atomic E-state index is 12.9. The molecule has 0 saturated heterocycles. The van der Waals surface area contributed by atoms with Crippen molar-refractivity contribution in [1.82, 2.24) is 0 Å². The number of hydrogen-bond acceptors (Lipinski definition) is 2. The molecule has 0 heterocycles. The van der Waals surface area contributed by atoms with Crippen LogP contribution in [0.4, 0.5) is 0 Å². The van der Waals surface area contributed by atoms with Gasteiger partial charge in [-0.05, 0) is 96.9 Å².